The Bertz CT molecular complexity index is 995. The Balaban J connectivity index is 0.000000305. The van der Waals surface area contributed by atoms with Crippen LogP contribution in [0.1, 0.15) is 63.5 Å². The van der Waals surface area contributed by atoms with Gasteiger partial charge >= 0.3 is 12.5 Å². The average Bonchev–Trinajstić information content (AvgIpc) is 2.85. The number of hydrogen-bond acceptors (Lipinski definition) is 4. The molecule has 0 bridgehead atoms. The topological polar surface area (TPSA) is 38.8 Å². The molecule has 0 atom stereocenters. The van der Waals surface area contributed by atoms with Crippen LogP contribution in [-0.2, 0) is 16.4 Å². The Kier molecular flexibility index (Phi) is 11.5. The lowest BCUT2D eigenvalue weighted by Crippen LogP contribution is -2.48. The number of hydrogen-bond donors (Lipinski definition) is 0. The molecule has 1 heterocycles. The van der Waals surface area contributed by atoms with E-state index in [1.165, 1.54) is 37.8 Å². The number of methoxy groups -OCH3 is 1. The summed E-state index contributed by atoms with van der Waals surface area (Å²) in [6.07, 6.45) is -3.65. The molecule has 2 aromatic rings. The molecule has 1 saturated heterocycles. The van der Waals surface area contributed by atoms with Crippen LogP contribution < -0.4 is 9.47 Å². The molecule has 0 amide bonds. The van der Waals surface area contributed by atoms with E-state index in [1.807, 2.05) is 13.8 Å². The SMILES string of the molecule is CC.COc1ccc(C(F)(F)F)cc1.O=C(CN1CCCCC1)C1(c2ccccc2OC(F)(F)F)CCC1. The predicted molar refractivity (Wildman–Crippen MR) is 133 cm³/mol. The average molecular weight is 548 g/mol. The molecule has 0 radical (unpaired) electrons. The van der Waals surface area contributed by atoms with Crippen molar-refractivity contribution in [3.05, 3.63) is 59.7 Å². The zero-order chi connectivity index (χ0) is 28.4. The minimum absolute atomic E-state index is 0.0221. The van der Waals surface area contributed by atoms with Gasteiger partial charge in [-0.25, -0.2) is 0 Å². The number of carbonyl (C=O) groups excluding carboxylic acids is 1. The summed E-state index contributed by atoms with van der Waals surface area (Å²) < 4.78 is 82.9. The molecule has 0 spiro atoms. The van der Waals surface area contributed by atoms with Crippen molar-refractivity contribution in [1.29, 1.82) is 0 Å². The van der Waals surface area contributed by atoms with Gasteiger partial charge < -0.3 is 9.47 Å². The highest BCUT2D eigenvalue weighted by molar-refractivity contribution is 5.93. The summed E-state index contributed by atoms with van der Waals surface area (Å²) in [5, 5.41) is 0. The van der Waals surface area contributed by atoms with Gasteiger partial charge in [0.15, 0.2) is 5.78 Å². The molecule has 2 aliphatic rings. The van der Waals surface area contributed by atoms with Crippen molar-refractivity contribution in [1.82, 2.24) is 4.90 Å². The molecule has 38 heavy (non-hydrogen) atoms. The van der Waals surface area contributed by atoms with E-state index >= 15 is 0 Å². The van der Waals surface area contributed by atoms with Gasteiger partial charge in [-0.1, -0.05) is 44.9 Å². The van der Waals surface area contributed by atoms with Gasteiger partial charge in [-0.15, -0.1) is 13.2 Å². The minimum atomic E-state index is -4.75. The molecule has 2 aromatic carbocycles. The summed E-state index contributed by atoms with van der Waals surface area (Å²) in [6.45, 7) is 6.10. The zero-order valence-corrected chi connectivity index (χ0v) is 21.9. The largest absolute Gasteiger partial charge is 0.573 e. The van der Waals surface area contributed by atoms with E-state index in [0.29, 0.717) is 30.7 Å². The summed E-state index contributed by atoms with van der Waals surface area (Å²) in [4.78, 5) is 15.1. The molecule has 1 aliphatic heterocycles. The van der Waals surface area contributed by atoms with E-state index in [2.05, 4.69) is 9.64 Å². The Morgan fingerprint density at radius 3 is 1.92 bits per heavy atom. The first-order valence-corrected chi connectivity index (χ1v) is 12.8. The number of benzene rings is 2. The lowest BCUT2D eigenvalue weighted by atomic mass is 9.61. The highest BCUT2D eigenvalue weighted by Gasteiger charge is 2.48. The maximum Gasteiger partial charge on any atom is 0.573 e. The summed E-state index contributed by atoms with van der Waals surface area (Å²) in [5.74, 6) is 0.202. The number of ketones is 1. The van der Waals surface area contributed by atoms with Gasteiger partial charge in [0.1, 0.15) is 11.5 Å². The fraction of sp³-hybridized carbons (Fsp3) is 0.536. The van der Waals surface area contributed by atoms with Crippen LogP contribution in [0.4, 0.5) is 26.3 Å². The third kappa shape index (κ3) is 8.64. The smallest absolute Gasteiger partial charge is 0.497 e. The van der Waals surface area contributed by atoms with Crippen molar-refractivity contribution >= 4 is 5.78 Å². The van der Waals surface area contributed by atoms with Gasteiger partial charge in [-0.3, -0.25) is 9.69 Å². The Hall–Kier alpha value is -2.75. The molecule has 4 nitrogen and oxygen atoms in total. The van der Waals surface area contributed by atoms with Crippen LogP contribution in [0, 0.1) is 0 Å². The summed E-state index contributed by atoms with van der Waals surface area (Å²) in [5.41, 5.74) is -1.10. The first-order valence-electron chi connectivity index (χ1n) is 12.8. The molecule has 10 heteroatoms. The third-order valence-corrected chi connectivity index (χ3v) is 6.60. The maximum absolute atomic E-state index is 13.0. The maximum atomic E-state index is 13.0. The number of likely N-dealkylation sites (tertiary alicyclic amines) is 1. The number of ether oxygens (including phenoxy) is 2. The van der Waals surface area contributed by atoms with E-state index in [9.17, 15) is 31.1 Å². The number of rotatable bonds is 6. The fourth-order valence-electron chi connectivity index (χ4n) is 4.56. The number of alkyl halides is 6. The van der Waals surface area contributed by atoms with Gasteiger partial charge in [0, 0.05) is 5.56 Å². The van der Waals surface area contributed by atoms with Gasteiger partial charge in [-0.2, -0.15) is 13.2 Å². The number of carbonyl (C=O) groups is 1. The number of Topliss-reactive ketones (excluding diaryl/α,β-unsaturated/α-hetero) is 1. The first kappa shape index (κ1) is 31.5. The fourth-order valence-corrected chi connectivity index (χ4v) is 4.56. The lowest BCUT2D eigenvalue weighted by molar-refractivity contribution is -0.275. The molecular weight excluding hydrogens is 512 g/mol. The van der Waals surface area contributed by atoms with Crippen LogP contribution in [0.3, 0.4) is 0 Å². The highest BCUT2D eigenvalue weighted by Crippen LogP contribution is 2.48. The van der Waals surface area contributed by atoms with Gasteiger partial charge in [0.2, 0.25) is 0 Å². The van der Waals surface area contributed by atoms with E-state index in [0.717, 1.165) is 44.5 Å². The molecule has 4 rings (SSSR count). The minimum Gasteiger partial charge on any atom is -0.497 e. The zero-order valence-electron chi connectivity index (χ0n) is 21.9. The van der Waals surface area contributed by atoms with Crippen molar-refractivity contribution in [3.8, 4) is 11.5 Å². The molecule has 212 valence electrons. The van der Waals surface area contributed by atoms with Crippen LogP contribution in [0.2, 0.25) is 0 Å². The number of halogens is 6. The van der Waals surface area contributed by atoms with Crippen molar-refractivity contribution in [2.75, 3.05) is 26.7 Å². The number of piperidine rings is 1. The number of nitrogens with zero attached hydrogens (tertiary/aromatic N) is 1. The molecular formula is C28H35F6NO3. The monoisotopic (exact) mass is 547 g/mol. The van der Waals surface area contributed by atoms with Crippen LogP contribution in [0.15, 0.2) is 48.5 Å². The molecule has 0 aromatic heterocycles. The van der Waals surface area contributed by atoms with Crippen LogP contribution >= 0.6 is 0 Å². The van der Waals surface area contributed by atoms with E-state index in [4.69, 9.17) is 4.74 Å². The van der Waals surface area contributed by atoms with Crippen molar-refractivity contribution in [3.63, 3.8) is 0 Å². The summed E-state index contributed by atoms with van der Waals surface area (Å²) in [6, 6.07) is 10.6. The van der Waals surface area contributed by atoms with E-state index in [-0.39, 0.29) is 11.5 Å². The van der Waals surface area contributed by atoms with Gasteiger partial charge in [-0.05, 0) is 69.1 Å². The van der Waals surface area contributed by atoms with E-state index < -0.39 is 23.5 Å². The number of para-hydroxylation sites is 1. The standard InChI is InChI=1S/C18H22F3NO2.C8H7F3O.C2H6/c19-18(20,21)24-15-8-3-2-7-14(15)17(9-6-10-17)16(23)13-22-11-4-1-5-12-22;1-12-7-4-2-6(3-5-7)8(9,10)11;1-2/h2-3,7-8H,1,4-6,9-13H2;2-5H,1H3;1-2H3. The van der Waals surface area contributed by atoms with Gasteiger partial charge in [0.05, 0.1) is 24.6 Å². The second-order valence-corrected chi connectivity index (χ2v) is 8.97. The Morgan fingerprint density at radius 1 is 0.868 bits per heavy atom. The second-order valence-electron chi connectivity index (χ2n) is 8.97. The second kappa shape index (κ2) is 13.9. The highest BCUT2D eigenvalue weighted by atomic mass is 19.4. The van der Waals surface area contributed by atoms with Gasteiger partial charge in [0.25, 0.3) is 0 Å². The van der Waals surface area contributed by atoms with Crippen LogP contribution in [0.25, 0.3) is 0 Å². The molecule has 1 aliphatic carbocycles. The molecule has 2 fully saturated rings. The molecule has 1 saturated carbocycles. The Morgan fingerprint density at radius 2 is 1.45 bits per heavy atom. The van der Waals surface area contributed by atoms with Crippen molar-refractivity contribution < 1.29 is 40.6 Å². The predicted octanol–water partition coefficient (Wildman–Crippen LogP) is 7.80. The molecule has 0 N–H and O–H groups in total. The van der Waals surface area contributed by atoms with Crippen LogP contribution in [0.5, 0.6) is 11.5 Å². The molecule has 0 unspecified atom stereocenters. The lowest BCUT2D eigenvalue weighted by Gasteiger charge is -2.43. The normalized spacial score (nSPS) is 17.1. The third-order valence-electron chi connectivity index (χ3n) is 6.60. The van der Waals surface area contributed by atoms with Crippen LogP contribution in [-0.4, -0.2) is 43.8 Å². The van der Waals surface area contributed by atoms with Crippen molar-refractivity contribution in [2.45, 2.75) is 70.3 Å². The quantitative estimate of drug-likeness (QED) is 0.346. The Labute approximate surface area is 219 Å². The van der Waals surface area contributed by atoms with Crippen molar-refractivity contribution in [2.24, 2.45) is 0 Å². The van der Waals surface area contributed by atoms with E-state index in [1.54, 1.807) is 12.1 Å². The first-order chi connectivity index (χ1) is 17.9. The summed E-state index contributed by atoms with van der Waals surface area (Å²) >= 11 is 0. The summed E-state index contributed by atoms with van der Waals surface area (Å²) in [7, 11) is 1.41.